The number of benzene rings is 1. The van der Waals surface area contributed by atoms with E-state index in [0.717, 1.165) is 48.3 Å². The lowest BCUT2D eigenvalue weighted by molar-refractivity contribution is 0.193. The average Bonchev–Trinajstić information content (AvgIpc) is 3.15. The Morgan fingerprint density at radius 2 is 2.21 bits per heavy atom. The lowest BCUT2D eigenvalue weighted by Gasteiger charge is -2.24. The zero-order chi connectivity index (χ0) is 16.8. The summed E-state index contributed by atoms with van der Waals surface area (Å²) in [6.45, 7) is 3.58. The van der Waals surface area contributed by atoms with E-state index in [1.54, 1.807) is 13.4 Å². The Hall–Kier alpha value is -1.69. The highest BCUT2D eigenvalue weighted by Gasteiger charge is 2.20. The maximum absolute atomic E-state index is 6.32. The van der Waals surface area contributed by atoms with Gasteiger partial charge in [-0.05, 0) is 18.1 Å². The van der Waals surface area contributed by atoms with Crippen molar-refractivity contribution in [3.05, 3.63) is 52.9 Å². The van der Waals surface area contributed by atoms with Gasteiger partial charge in [0.15, 0.2) is 0 Å². The van der Waals surface area contributed by atoms with Crippen LogP contribution >= 0.6 is 11.6 Å². The van der Waals surface area contributed by atoms with Gasteiger partial charge in [-0.25, -0.2) is 9.97 Å². The van der Waals surface area contributed by atoms with Gasteiger partial charge in [0, 0.05) is 43.8 Å². The van der Waals surface area contributed by atoms with Crippen LogP contribution in [0.25, 0.3) is 0 Å². The first-order chi connectivity index (χ1) is 11.8. The third-order valence-corrected chi connectivity index (χ3v) is 4.60. The molecule has 0 amide bonds. The number of ether oxygens (including phenoxy) is 2. The first-order valence-electron chi connectivity index (χ1n) is 8.15. The van der Waals surface area contributed by atoms with E-state index in [1.165, 1.54) is 0 Å². The van der Waals surface area contributed by atoms with E-state index in [-0.39, 0.29) is 0 Å². The van der Waals surface area contributed by atoms with Crippen molar-refractivity contribution in [1.29, 1.82) is 0 Å². The molecule has 1 atom stereocenters. The quantitative estimate of drug-likeness (QED) is 0.769. The molecule has 3 rings (SSSR count). The van der Waals surface area contributed by atoms with E-state index in [4.69, 9.17) is 21.1 Å². The molecule has 24 heavy (non-hydrogen) atoms. The van der Waals surface area contributed by atoms with Crippen LogP contribution in [0.3, 0.4) is 0 Å². The van der Waals surface area contributed by atoms with Gasteiger partial charge < -0.3 is 14.4 Å². The average molecular weight is 348 g/mol. The van der Waals surface area contributed by atoms with Crippen LogP contribution < -0.4 is 4.90 Å². The number of aromatic nitrogens is 2. The molecule has 6 heteroatoms. The van der Waals surface area contributed by atoms with Gasteiger partial charge in [-0.3, -0.25) is 0 Å². The Morgan fingerprint density at radius 1 is 1.33 bits per heavy atom. The van der Waals surface area contributed by atoms with Gasteiger partial charge >= 0.3 is 0 Å². The predicted octanol–water partition coefficient (Wildman–Crippen LogP) is 3.29. The number of hydrogen-bond acceptors (Lipinski definition) is 5. The Balaban J connectivity index is 1.82. The maximum Gasteiger partial charge on any atom is 0.132 e. The monoisotopic (exact) mass is 347 g/mol. The van der Waals surface area contributed by atoms with Gasteiger partial charge in [-0.1, -0.05) is 29.8 Å². The fourth-order valence-electron chi connectivity index (χ4n) is 2.83. The second kappa shape index (κ2) is 8.42. The molecule has 1 saturated heterocycles. The Labute approximate surface area is 147 Å². The first-order valence-corrected chi connectivity index (χ1v) is 8.52. The summed E-state index contributed by atoms with van der Waals surface area (Å²) in [6.07, 6.45) is 2.65. The summed E-state index contributed by atoms with van der Waals surface area (Å²) >= 11 is 6.32. The van der Waals surface area contributed by atoms with Crippen molar-refractivity contribution in [2.45, 2.75) is 18.9 Å². The fraction of sp³-hybridized carbons (Fsp3) is 0.444. The van der Waals surface area contributed by atoms with E-state index in [0.29, 0.717) is 19.1 Å². The molecule has 0 aliphatic carbocycles. The van der Waals surface area contributed by atoms with Crippen molar-refractivity contribution >= 4 is 17.4 Å². The largest absolute Gasteiger partial charge is 0.383 e. The van der Waals surface area contributed by atoms with Gasteiger partial charge in [0.2, 0.25) is 0 Å². The van der Waals surface area contributed by atoms with E-state index in [9.17, 15) is 0 Å². The molecule has 1 aromatic heterocycles. The van der Waals surface area contributed by atoms with Crippen LogP contribution in [0.2, 0.25) is 5.02 Å². The number of methoxy groups -OCH3 is 1. The normalized spacial score (nSPS) is 17.2. The van der Waals surface area contributed by atoms with Crippen molar-refractivity contribution in [2.75, 3.05) is 38.4 Å². The molecular formula is C18H22ClN3O2. The summed E-state index contributed by atoms with van der Waals surface area (Å²) in [6, 6.07) is 9.94. The van der Waals surface area contributed by atoms with Crippen molar-refractivity contribution in [3.8, 4) is 0 Å². The number of rotatable bonds is 7. The highest BCUT2D eigenvalue weighted by molar-refractivity contribution is 6.31. The standard InChI is InChI=1S/C18H22ClN3O2/c1-23-9-7-22(11-14-4-2-3-5-16(14)19)18-10-17(20-13-21-18)15-6-8-24-12-15/h2-5,10,13,15H,6-9,11-12H2,1H3. The minimum atomic E-state index is 0.358. The summed E-state index contributed by atoms with van der Waals surface area (Å²) in [7, 11) is 1.70. The molecule has 1 fully saturated rings. The first kappa shape index (κ1) is 17.1. The summed E-state index contributed by atoms with van der Waals surface area (Å²) < 4.78 is 10.7. The topological polar surface area (TPSA) is 47.5 Å². The van der Waals surface area contributed by atoms with Crippen LogP contribution in [-0.4, -0.2) is 43.4 Å². The van der Waals surface area contributed by atoms with Crippen LogP contribution in [0.5, 0.6) is 0 Å². The molecule has 0 spiro atoms. The SMILES string of the molecule is COCCN(Cc1ccccc1Cl)c1cc(C2CCOC2)ncn1. The zero-order valence-electron chi connectivity index (χ0n) is 13.8. The summed E-state index contributed by atoms with van der Waals surface area (Å²) in [5.41, 5.74) is 2.11. The van der Waals surface area contributed by atoms with Crippen molar-refractivity contribution in [1.82, 2.24) is 9.97 Å². The van der Waals surface area contributed by atoms with Gasteiger partial charge in [0.05, 0.1) is 18.9 Å². The predicted molar refractivity (Wildman–Crippen MR) is 94.6 cm³/mol. The van der Waals surface area contributed by atoms with Crippen molar-refractivity contribution in [3.63, 3.8) is 0 Å². The minimum absolute atomic E-state index is 0.358. The summed E-state index contributed by atoms with van der Waals surface area (Å²) in [5, 5.41) is 0.762. The Morgan fingerprint density at radius 3 is 2.96 bits per heavy atom. The molecule has 0 saturated carbocycles. The molecule has 5 nitrogen and oxygen atoms in total. The van der Waals surface area contributed by atoms with Crippen molar-refractivity contribution in [2.24, 2.45) is 0 Å². The molecule has 2 aromatic rings. The molecule has 128 valence electrons. The molecule has 2 heterocycles. The fourth-order valence-corrected chi connectivity index (χ4v) is 3.03. The number of anilines is 1. The number of nitrogens with zero attached hydrogens (tertiary/aromatic N) is 3. The maximum atomic E-state index is 6.32. The smallest absolute Gasteiger partial charge is 0.132 e. The number of halogens is 1. The second-order valence-electron chi connectivity index (χ2n) is 5.87. The Bertz CT molecular complexity index is 662. The van der Waals surface area contributed by atoms with Gasteiger partial charge in [0.1, 0.15) is 12.1 Å². The minimum Gasteiger partial charge on any atom is -0.383 e. The van der Waals surface area contributed by atoms with Crippen LogP contribution in [0.15, 0.2) is 36.7 Å². The third-order valence-electron chi connectivity index (χ3n) is 4.23. The molecular weight excluding hydrogens is 326 g/mol. The van der Waals surface area contributed by atoms with Crippen LogP contribution in [0, 0.1) is 0 Å². The van der Waals surface area contributed by atoms with Gasteiger partial charge in [0.25, 0.3) is 0 Å². The molecule has 1 aromatic carbocycles. The van der Waals surface area contributed by atoms with Gasteiger partial charge in [-0.15, -0.1) is 0 Å². The summed E-state index contributed by atoms with van der Waals surface area (Å²) in [5.74, 6) is 1.25. The molecule has 0 N–H and O–H groups in total. The molecule has 1 aliphatic heterocycles. The lowest BCUT2D eigenvalue weighted by atomic mass is 10.0. The summed E-state index contributed by atoms with van der Waals surface area (Å²) in [4.78, 5) is 11.1. The highest BCUT2D eigenvalue weighted by atomic mass is 35.5. The van der Waals surface area contributed by atoms with Crippen LogP contribution in [0.4, 0.5) is 5.82 Å². The van der Waals surface area contributed by atoms with E-state index in [1.807, 2.05) is 24.3 Å². The molecule has 0 radical (unpaired) electrons. The van der Waals surface area contributed by atoms with E-state index >= 15 is 0 Å². The van der Waals surface area contributed by atoms with Crippen LogP contribution in [0.1, 0.15) is 23.6 Å². The highest BCUT2D eigenvalue weighted by Crippen LogP contribution is 2.26. The molecule has 1 unspecified atom stereocenters. The number of hydrogen-bond donors (Lipinski definition) is 0. The van der Waals surface area contributed by atoms with Crippen LogP contribution in [-0.2, 0) is 16.0 Å². The Kier molecular flexibility index (Phi) is 6.01. The second-order valence-corrected chi connectivity index (χ2v) is 6.27. The van der Waals surface area contributed by atoms with Crippen molar-refractivity contribution < 1.29 is 9.47 Å². The van der Waals surface area contributed by atoms with Gasteiger partial charge in [-0.2, -0.15) is 0 Å². The van der Waals surface area contributed by atoms with E-state index in [2.05, 4.69) is 20.9 Å². The van der Waals surface area contributed by atoms with E-state index < -0.39 is 0 Å². The molecule has 0 bridgehead atoms. The third kappa shape index (κ3) is 4.23. The lowest BCUT2D eigenvalue weighted by Crippen LogP contribution is -2.28. The zero-order valence-corrected chi connectivity index (χ0v) is 14.6. The molecule has 1 aliphatic rings.